The molecule has 4 heteroatoms. The second-order valence-electron chi connectivity index (χ2n) is 4.77. The molecule has 0 bridgehead atoms. The highest BCUT2D eigenvalue weighted by molar-refractivity contribution is 5.90. The molecule has 1 aromatic rings. The number of nitrogens with two attached hydrogens (primary N) is 1. The lowest BCUT2D eigenvalue weighted by molar-refractivity contribution is 0.0598. The maximum atomic E-state index is 11.7. The van der Waals surface area contributed by atoms with Crippen molar-refractivity contribution in [1.82, 2.24) is 4.90 Å². The monoisotopic (exact) mass is 248 g/mol. The van der Waals surface area contributed by atoms with Crippen molar-refractivity contribution in [1.29, 1.82) is 0 Å². The van der Waals surface area contributed by atoms with E-state index in [9.17, 15) is 4.79 Å². The van der Waals surface area contributed by atoms with Crippen LogP contribution >= 0.6 is 0 Å². The Morgan fingerprint density at radius 2 is 2.28 bits per heavy atom. The summed E-state index contributed by atoms with van der Waals surface area (Å²) in [7, 11) is 1.42. The van der Waals surface area contributed by atoms with Crippen LogP contribution < -0.4 is 5.73 Å². The van der Waals surface area contributed by atoms with Crippen molar-refractivity contribution in [2.75, 3.05) is 26.7 Å². The van der Waals surface area contributed by atoms with Crippen LogP contribution in [-0.2, 0) is 11.3 Å². The van der Waals surface area contributed by atoms with Crippen LogP contribution in [0.3, 0.4) is 0 Å². The van der Waals surface area contributed by atoms with E-state index in [1.54, 1.807) is 0 Å². The summed E-state index contributed by atoms with van der Waals surface area (Å²) in [6.45, 7) is 3.61. The Labute approximate surface area is 108 Å². The number of rotatable bonds is 4. The topological polar surface area (TPSA) is 55.6 Å². The molecule has 1 fully saturated rings. The van der Waals surface area contributed by atoms with E-state index in [1.165, 1.54) is 7.11 Å². The van der Waals surface area contributed by atoms with E-state index in [1.807, 2.05) is 24.3 Å². The summed E-state index contributed by atoms with van der Waals surface area (Å²) in [5.74, 6) is 0.329. The normalized spacial score (nSPS) is 20.0. The average Bonchev–Trinajstić information content (AvgIpc) is 2.86. The summed E-state index contributed by atoms with van der Waals surface area (Å²) in [5.41, 5.74) is 7.38. The van der Waals surface area contributed by atoms with Gasteiger partial charge in [-0.25, -0.2) is 4.79 Å². The summed E-state index contributed by atoms with van der Waals surface area (Å²) >= 11 is 0. The summed E-state index contributed by atoms with van der Waals surface area (Å²) in [4.78, 5) is 14.0. The van der Waals surface area contributed by atoms with Crippen LogP contribution in [0.5, 0.6) is 0 Å². The molecule has 0 saturated carbocycles. The number of hydrogen-bond donors (Lipinski definition) is 1. The summed E-state index contributed by atoms with van der Waals surface area (Å²) in [5, 5.41) is 0. The molecule has 18 heavy (non-hydrogen) atoms. The van der Waals surface area contributed by atoms with Crippen LogP contribution in [0.15, 0.2) is 24.3 Å². The Hall–Kier alpha value is -1.39. The van der Waals surface area contributed by atoms with Gasteiger partial charge in [-0.3, -0.25) is 4.90 Å². The molecule has 0 spiro atoms. The van der Waals surface area contributed by atoms with E-state index >= 15 is 0 Å². The first-order valence-electron chi connectivity index (χ1n) is 6.33. The van der Waals surface area contributed by atoms with Crippen LogP contribution in [0.2, 0.25) is 0 Å². The number of likely N-dealkylation sites (tertiary alicyclic amines) is 1. The lowest BCUT2D eigenvalue weighted by atomic mass is 10.1. The maximum Gasteiger partial charge on any atom is 0.338 e. The van der Waals surface area contributed by atoms with Crippen LogP contribution in [0.1, 0.15) is 22.3 Å². The molecule has 1 aliphatic rings. The first-order chi connectivity index (χ1) is 8.74. The van der Waals surface area contributed by atoms with Gasteiger partial charge in [-0.05, 0) is 37.1 Å². The lowest BCUT2D eigenvalue weighted by Gasteiger charge is -2.17. The van der Waals surface area contributed by atoms with Crippen molar-refractivity contribution in [2.45, 2.75) is 13.0 Å². The third-order valence-corrected chi connectivity index (χ3v) is 3.52. The van der Waals surface area contributed by atoms with Gasteiger partial charge in [0.05, 0.1) is 12.7 Å². The van der Waals surface area contributed by atoms with E-state index in [0.29, 0.717) is 11.5 Å². The fourth-order valence-electron chi connectivity index (χ4n) is 2.46. The first-order valence-corrected chi connectivity index (χ1v) is 6.33. The second-order valence-corrected chi connectivity index (χ2v) is 4.77. The largest absolute Gasteiger partial charge is 0.465 e. The molecule has 0 aromatic heterocycles. The zero-order valence-corrected chi connectivity index (χ0v) is 10.8. The first kappa shape index (κ1) is 13.1. The predicted molar refractivity (Wildman–Crippen MR) is 70.2 cm³/mol. The Morgan fingerprint density at radius 1 is 1.50 bits per heavy atom. The standard InChI is InChI=1S/C14H20N2O2/c1-18-14(17)13-5-3-2-4-12(13)10-16-7-6-11(8-15)9-16/h2-5,11H,6-10,15H2,1H3. The predicted octanol–water partition coefficient (Wildman–Crippen LogP) is 1.25. The minimum Gasteiger partial charge on any atom is -0.465 e. The van der Waals surface area contributed by atoms with Gasteiger partial charge in [0.15, 0.2) is 0 Å². The van der Waals surface area contributed by atoms with Crippen molar-refractivity contribution in [2.24, 2.45) is 11.7 Å². The van der Waals surface area contributed by atoms with Gasteiger partial charge in [-0.2, -0.15) is 0 Å². The highest BCUT2D eigenvalue weighted by Gasteiger charge is 2.22. The fraction of sp³-hybridized carbons (Fsp3) is 0.500. The van der Waals surface area contributed by atoms with Gasteiger partial charge in [-0.1, -0.05) is 18.2 Å². The third-order valence-electron chi connectivity index (χ3n) is 3.52. The van der Waals surface area contributed by atoms with Crippen LogP contribution in [0.25, 0.3) is 0 Å². The van der Waals surface area contributed by atoms with E-state index in [2.05, 4.69) is 4.90 Å². The van der Waals surface area contributed by atoms with E-state index in [0.717, 1.165) is 38.2 Å². The molecular formula is C14H20N2O2. The minimum atomic E-state index is -0.264. The molecule has 98 valence electrons. The molecular weight excluding hydrogens is 228 g/mol. The van der Waals surface area contributed by atoms with Gasteiger partial charge >= 0.3 is 5.97 Å². The van der Waals surface area contributed by atoms with Gasteiger partial charge in [0, 0.05) is 13.1 Å². The summed E-state index contributed by atoms with van der Waals surface area (Å²) in [6.07, 6.45) is 1.15. The Bertz CT molecular complexity index is 420. The number of hydrogen-bond acceptors (Lipinski definition) is 4. The number of carbonyl (C=O) groups is 1. The van der Waals surface area contributed by atoms with Crippen molar-refractivity contribution < 1.29 is 9.53 Å². The van der Waals surface area contributed by atoms with E-state index in [4.69, 9.17) is 10.5 Å². The molecule has 1 saturated heterocycles. The van der Waals surface area contributed by atoms with Crippen molar-refractivity contribution in [3.63, 3.8) is 0 Å². The molecule has 1 aliphatic heterocycles. The molecule has 4 nitrogen and oxygen atoms in total. The number of benzene rings is 1. The molecule has 2 rings (SSSR count). The lowest BCUT2D eigenvalue weighted by Crippen LogP contribution is -2.23. The van der Waals surface area contributed by atoms with Crippen LogP contribution in [-0.4, -0.2) is 37.6 Å². The van der Waals surface area contributed by atoms with E-state index < -0.39 is 0 Å². The Balaban J connectivity index is 2.07. The number of esters is 1. The quantitative estimate of drug-likeness (QED) is 0.815. The Kier molecular flexibility index (Phi) is 4.33. The number of nitrogens with zero attached hydrogens (tertiary/aromatic N) is 1. The number of ether oxygens (including phenoxy) is 1. The molecule has 0 aliphatic carbocycles. The molecule has 2 N–H and O–H groups in total. The molecule has 1 atom stereocenters. The zero-order valence-electron chi connectivity index (χ0n) is 10.8. The SMILES string of the molecule is COC(=O)c1ccccc1CN1CCC(CN)C1. The molecule has 1 heterocycles. The van der Waals surface area contributed by atoms with Gasteiger partial charge < -0.3 is 10.5 Å². The summed E-state index contributed by atoms with van der Waals surface area (Å²) in [6, 6.07) is 7.63. The van der Waals surface area contributed by atoms with Gasteiger partial charge in [-0.15, -0.1) is 0 Å². The highest BCUT2D eigenvalue weighted by atomic mass is 16.5. The van der Waals surface area contributed by atoms with Gasteiger partial charge in [0.2, 0.25) is 0 Å². The van der Waals surface area contributed by atoms with Crippen molar-refractivity contribution in [3.05, 3.63) is 35.4 Å². The molecule has 0 amide bonds. The molecule has 0 radical (unpaired) electrons. The fourth-order valence-corrected chi connectivity index (χ4v) is 2.46. The minimum absolute atomic E-state index is 0.264. The van der Waals surface area contributed by atoms with Gasteiger partial charge in [0.1, 0.15) is 0 Å². The Morgan fingerprint density at radius 3 is 2.94 bits per heavy atom. The number of methoxy groups -OCH3 is 1. The maximum absolute atomic E-state index is 11.7. The molecule has 1 unspecified atom stereocenters. The highest BCUT2D eigenvalue weighted by Crippen LogP contribution is 2.19. The van der Waals surface area contributed by atoms with E-state index in [-0.39, 0.29) is 5.97 Å². The smallest absolute Gasteiger partial charge is 0.338 e. The van der Waals surface area contributed by atoms with Crippen molar-refractivity contribution >= 4 is 5.97 Å². The van der Waals surface area contributed by atoms with Crippen molar-refractivity contribution in [3.8, 4) is 0 Å². The molecule has 1 aromatic carbocycles. The average molecular weight is 248 g/mol. The van der Waals surface area contributed by atoms with Crippen LogP contribution in [0.4, 0.5) is 0 Å². The van der Waals surface area contributed by atoms with Gasteiger partial charge in [0.25, 0.3) is 0 Å². The number of carbonyl (C=O) groups excluding carboxylic acids is 1. The van der Waals surface area contributed by atoms with Crippen LogP contribution in [0, 0.1) is 5.92 Å². The summed E-state index contributed by atoms with van der Waals surface area (Å²) < 4.78 is 4.81. The third kappa shape index (κ3) is 2.89. The second kappa shape index (κ2) is 5.98. The zero-order chi connectivity index (χ0) is 13.0.